The van der Waals surface area contributed by atoms with E-state index in [2.05, 4.69) is 4.98 Å². The van der Waals surface area contributed by atoms with Crippen LogP contribution in [0.5, 0.6) is 0 Å². The van der Waals surface area contributed by atoms with Crippen LogP contribution < -0.4 is 10.6 Å². The largest absolute Gasteiger partial charge is 0.387 e. The third kappa shape index (κ3) is 2.24. The number of aromatic nitrogens is 1. The molecule has 0 spiro atoms. The van der Waals surface area contributed by atoms with Crippen molar-refractivity contribution in [2.45, 2.75) is 31.4 Å². The molecule has 2 atom stereocenters. The summed E-state index contributed by atoms with van der Waals surface area (Å²) in [7, 11) is 0. The molecule has 5 nitrogen and oxygen atoms in total. The van der Waals surface area contributed by atoms with E-state index in [1.807, 2.05) is 17.0 Å². The maximum atomic E-state index is 11.6. The highest BCUT2D eigenvalue weighted by Crippen LogP contribution is 2.31. The predicted molar refractivity (Wildman–Crippen MR) is 64.4 cm³/mol. The van der Waals surface area contributed by atoms with E-state index in [0.29, 0.717) is 13.0 Å². The van der Waals surface area contributed by atoms with E-state index in [-0.39, 0.29) is 0 Å². The topological polar surface area (TPSA) is 79.4 Å². The fraction of sp³-hybridized carbons (Fsp3) is 0.500. The molecule has 5 heteroatoms. The van der Waals surface area contributed by atoms with Crippen molar-refractivity contribution in [1.29, 1.82) is 0 Å². The van der Waals surface area contributed by atoms with Crippen LogP contribution in [-0.4, -0.2) is 34.2 Å². The molecule has 3 N–H and O–H groups in total. The van der Waals surface area contributed by atoms with E-state index in [9.17, 15) is 9.90 Å². The fourth-order valence-electron chi connectivity index (χ4n) is 2.48. The Hall–Kier alpha value is -1.62. The van der Waals surface area contributed by atoms with Gasteiger partial charge >= 0.3 is 0 Å². The van der Waals surface area contributed by atoms with Gasteiger partial charge in [0.15, 0.2) is 0 Å². The molecule has 92 valence electrons. The first-order valence-corrected chi connectivity index (χ1v) is 5.71. The minimum absolute atomic E-state index is 0.494. The van der Waals surface area contributed by atoms with E-state index in [4.69, 9.17) is 5.73 Å². The number of nitrogens with zero attached hydrogens (tertiary/aromatic N) is 2. The van der Waals surface area contributed by atoms with E-state index in [1.165, 1.54) is 0 Å². The summed E-state index contributed by atoms with van der Waals surface area (Å²) in [5, 5.41) is 10.3. The normalized spacial score (nSPS) is 29.1. The van der Waals surface area contributed by atoms with Crippen molar-refractivity contribution in [1.82, 2.24) is 4.98 Å². The molecule has 1 aliphatic heterocycles. The van der Waals surface area contributed by atoms with Gasteiger partial charge < -0.3 is 15.7 Å². The molecular formula is C12H17N3O2. The molecule has 0 bridgehead atoms. The Bertz CT molecular complexity index is 405. The number of hydrogen-bond donors (Lipinski definition) is 2. The molecular weight excluding hydrogens is 218 g/mol. The van der Waals surface area contributed by atoms with E-state index < -0.39 is 17.6 Å². The van der Waals surface area contributed by atoms with Crippen LogP contribution in [0.15, 0.2) is 24.5 Å². The molecule has 0 saturated carbocycles. The third-order valence-corrected chi connectivity index (χ3v) is 3.25. The number of anilines is 1. The van der Waals surface area contributed by atoms with Crippen LogP contribution in [-0.2, 0) is 4.79 Å². The molecule has 17 heavy (non-hydrogen) atoms. The summed E-state index contributed by atoms with van der Waals surface area (Å²) in [4.78, 5) is 17.4. The summed E-state index contributed by atoms with van der Waals surface area (Å²) in [5.74, 6) is -0.494. The number of amides is 1. The molecule has 0 aromatic carbocycles. The first-order valence-electron chi connectivity index (χ1n) is 5.71. The highest BCUT2D eigenvalue weighted by Gasteiger charge is 2.43. The van der Waals surface area contributed by atoms with Crippen LogP contribution in [0.2, 0.25) is 0 Å². The Kier molecular flexibility index (Phi) is 3.02. The molecule has 1 aromatic heterocycles. The molecule has 2 unspecified atom stereocenters. The molecule has 1 aliphatic rings. The lowest BCUT2D eigenvalue weighted by molar-refractivity contribution is -0.126. The number of carbonyl (C=O) groups is 1. The van der Waals surface area contributed by atoms with Crippen molar-refractivity contribution in [3.63, 3.8) is 0 Å². The van der Waals surface area contributed by atoms with Crippen molar-refractivity contribution in [2.24, 2.45) is 5.73 Å². The highest BCUT2D eigenvalue weighted by atomic mass is 16.3. The van der Waals surface area contributed by atoms with Crippen LogP contribution in [0.1, 0.15) is 19.8 Å². The van der Waals surface area contributed by atoms with E-state index >= 15 is 0 Å². The second-order valence-corrected chi connectivity index (χ2v) is 4.66. The molecule has 2 heterocycles. The summed E-state index contributed by atoms with van der Waals surface area (Å²) in [6, 6.07) is 2.95. The Morgan fingerprint density at radius 3 is 2.82 bits per heavy atom. The van der Waals surface area contributed by atoms with Gasteiger partial charge in [-0.3, -0.25) is 9.78 Å². The zero-order valence-electron chi connectivity index (χ0n) is 9.84. The molecule has 0 radical (unpaired) electrons. The Balaban J connectivity index is 2.35. The van der Waals surface area contributed by atoms with Gasteiger partial charge in [-0.05, 0) is 31.9 Å². The Labute approximate surface area is 100 Å². The molecule has 1 saturated heterocycles. The predicted octanol–water partition coefficient (Wildman–Crippen LogP) is 0.287. The fourth-order valence-corrected chi connectivity index (χ4v) is 2.48. The number of rotatable bonds is 2. The minimum atomic E-state index is -1.08. The Morgan fingerprint density at radius 2 is 2.24 bits per heavy atom. The lowest BCUT2D eigenvalue weighted by Crippen LogP contribution is -2.61. The van der Waals surface area contributed by atoms with Crippen LogP contribution >= 0.6 is 0 Å². The van der Waals surface area contributed by atoms with Gasteiger partial charge in [-0.25, -0.2) is 0 Å². The van der Waals surface area contributed by atoms with Crippen LogP contribution in [0.4, 0.5) is 5.69 Å². The first-order chi connectivity index (χ1) is 8.02. The number of hydrogen-bond acceptors (Lipinski definition) is 4. The smallest absolute Gasteiger partial charge is 0.243 e. The molecule has 2 rings (SSSR count). The third-order valence-electron chi connectivity index (χ3n) is 3.25. The molecule has 1 fully saturated rings. The second-order valence-electron chi connectivity index (χ2n) is 4.66. The van der Waals surface area contributed by atoms with Crippen molar-refractivity contribution >= 4 is 11.6 Å². The zero-order chi connectivity index (χ0) is 12.5. The maximum absolute atomic E-state index is 11.6. The summed E-state index contributed by atoms with van der Waals surface area (Å²) in [6.45, 7) is 2.38. The van der Waals surface area contributed by atoms with E-state index in [1.54, 1.807) is 19.3 Å². The van der Waals surface area contributed by atoms with Crippen molar-refractivity contribution in [2.75, 3.05) is 11.4 Å². The van der Waals surface area contributed by atoms with E-state index in [0.717, 1.165) is 12.1 Å². The number of primary amides is 1. The highest BCUT2D eigenvalue weighted by molar-refractivity contribution is 5.85. The van der Waals surface area contributed by atoms with Gasteiger partial charge in [-0.15, -0.1) is 0 Å². The summed E-state index contributed by atoms with van der Waals surface area (Å²) >= 11 is 0. The Morgan fingerprint density at radius 1 is 1.59 bits per heavy atom. The first kappa shape index (κ1) is 11.9. The van der Waals surface area contributed by atoms with Gasteiger partial charge in [0.25, 0.3) is 0 Å². The second kappa shape index (κ2) is 4.33. The van der Waals surface area contributed by atoms with Crippen molar-refractivity contribution in [3.05, 3.63) is 24.5 Å². The lowest BCUT2D eigenvalue weighted by Gasteiger charge is -2.44. The van der Waals surface area contributed by atoms with Crippen LogP contribution in [0.3, 0.4) is 0 Å². The summed E-state index contributed by atoms with van der Waals surface area (Å²) in [5.41, 5.74) is 5.20. The van der Waals surface area contributed by atoms with Gasteiger partial charge in [0.2, 0.25) is 5.91 Å². The maximum Gasteiger partial charge on any atom is 0.243 e. The SMILES string of the molecule is CC1(O)CCCN(c2ccncc2)C1C(N)=O. The molecule has 0 aliphatic carbocycles. The molecule has 1 aromatic rings. The quantitative estimate of drug-likeness (QED) is 0.772. The van der Waals surface area contributed by atoms with Gasteiger partial charge in [0.1, 0.15) is 6.04 Å². The summed E-state index contributed by atoms with van der Waals surface area (Å²) < 4.78 is 0. The minimum Gasteiger partial charge on any atom is -0.387 e. The van der Waals surface area contributed by atoms with Gasteiger partial charge in [-0.1, -0.05) is 0 Å². The van der Waals surface area contributed by atoms with Crippen molar-refractivity contribution in [3.8, 4) is 0 Å². The lowest BCUT2D eigenvalue weighted by atomic mass is 9.85. The number of piperidine rings is 1. The number of pyridine rings is 1. The van der Waals surface area contributed by atoms with Gasteiger partial charge in [0.05, 0.1) is 5.60 Å². The molecule has 1 amide bonds. The number of aliphatic hydroxyl groups is 1. The van der Waals surface area contributed by atoms with Crippen LogP contribution in [0, 0.1) is 0 Å². The van der Waals surface area contributed by atoms with Crippen molar-refractivity contribution < 1.29 is 9.90 Å². The number of carbonyl (C=O) groups excluding carboxylic acids is 1. The van der Waals surface area contributed by atoms with Gasteiger partial charge in [0, 0.05) is 24.6 Å². The zero-order valence-corrected chi connectivity index (χ0v) is 9.84. The van der Waals surface area contributed by atoms with Crippen LogP contribution in [0.25, 0.3) is 0 Å². The average molecular weight is 235 g/mol. The average Bonchev–Trinajstić information content (AvgIpc) is 2.28. The van der Waals surface area contributed by atoms with Gasteiger partial charge in [-0.2, -0.15) is 0 Å². The number of nitrogens with two attached hydrogens (primary N) is 1. The standard InChI is InChI=1S/C12H17N3O2/c1-12(17)5-2-8-15(10(12)11(13)16)9-3-6-14-7-4-9/h3-4,6-7,10,17H,2,5,8H2,1H3,(H2,13,16). The summed E-state index contributed by atoms with van der Waals surface area (Å²) in [6.07, 6.45) is 4.74. The monoisotopic (exact) mass is 235 g/mol.